The Morgan fingerprint density at radius 1 is 1.04 bits per heavy atom. The molecule has 2 heterocycles. The Balaban J connectivity index is 1.29. The molecule has 0 atom stereocenters. The van der Waals surface area contributed by atoms with Gasteiger partial charge in [-0.3, -0.25) is 4.90 Å². The molecule has 1 aromatic carbocycles. The summed E-state index contributed by atoms with van der Waals surface area (Å²) in [5.41, 5.74) is 1.27. The Hall–Kier alpha value is -2.67. The van der Waals surface area contributed by atoms with E-state index < -0.39 is 5.97 Å². The first-order valence-corrected chi connectivity index (χ1v) is 9.04. The van der Waals surface area contributed by atoms with Crippen molar-refractivity contribution in [3.63, 3.8) is 0 Å². The van der Waals surface area contributed by atoms with E-state index >= 15 is 0 Å². The highest BCUT2D eigenvalue weighted by molar-refractivity contribution is 5.84. The number of anilines is 2. The molecule has 0 radical (unpaired) electrons. The van der Waals surface area contributed by atoms with Crippen LogP contribution in [-0.4, -0.2) is 65.2 Å². The SMILES string of the molecule is O=C(O)c1cnc(NCCCCN2CCN(c3ccccc3)CC2)cn1. The number of carbonyl (C=O) groups is 1. The number of hydrogen-bond donors (Lipinski definition) is 2. The Morgan fingerprint density at radius 2 is 1.81 bits per heavy atom. The van der Waals surface area contributed by atoms with Crippen LogP contribution in [0.3, 0.4) is 0 Å². The Bertz CT molecular complexity index is 685. The minimum atomic E-state index is -1.06. The van der Waals surface area contributed by atoms with E-state index in [4.69, 9.17) is 5.11 Å². The number of carboxylic acids is 1. The quantitative estimate of drug-likeness (QED) is 0.703. The van der Waals surface area contributed by atoms with Gasteiger partial charge >= 0.3 is 5.97 Å². The largest absolute Gasteiger partial charge is 0.476 e. The molecule has 1 aliphatic rings. The van der Waals surface area contributed by atoms with Crippen LogP contribution in [0.25, 0.3) is 0 Å². The lowest BCUT2D eigenvalue weighted by Gasteiger charge is -2.36. The van der Waals surface area contributed by atoms with Crippen molar-refractivity contribution in [2.75, 3.05) is 49.5 Å². The molecule has 1 aromatic heterocycles. The zero-order valence-corrected chi connectivity index (χ0v) is 14.8. The van der Waals surface area contributed by atoms with Gasteiger partial charge in [0.15, 0.2) is 5.69 Å². The highest BCUT2D eigenvalue weighted by Crippen LogP contribution is 2.15. The Morgan fingerprint density at radius 3 is 2.46 bits per heavy atom. The van der Waals surface area contributed by atoms with E-state index in [0.717, 1.165) is 52.1 Å². The summed E-state index contributed by atoms with van der Waals surface area (Å²) in [4.78, 5) is 23.6. The van der Waals surface area contributed by atoms with Gasteiger partial charge in [0.05, 0.1) is 12.4 Å². The summed E-state index contributed by atoms with van der Waals surface area (Å²) < 4.78 is 0. The molecule has 0 spiro atoms. The predicted octanol–water partition coefficient (Wildman–Crippen LogP) is 2.19. The molecule has 138 valence electrons. The smallest absolute Gasteiger partial charge is 0.356 e. The number of nitrogens with one attached hydrogen (secondary N) is 1. The molecule has 0 bridgehead atoms. The number of benzene rings is 1. The van der Waals surface area contributed by atoms with E-state index in [-0.39, 0.29) is 5.69 Å². The summed E-state index contributed by atoms with van der Waals surface area (Å²) in [5.74, 6) is -0.442. The minimum Gasteiger partial charge on any atom is -0.476 e. The van der Waals surface area contributed by atoms with Crippen LogP contribution in [0.1, 0.15) is 23.3 Å². The zero-order chi connectivity index (χ0) is 18.2. The average molecular weight is 355 g/mol. The molecule has 7 heteroatoms. The summed E-state index contributed by atoms with van der Waals surface area (Å²) >= 11 is 0. The summed E-state index contributed by atoms with van der Waals surface area (Å²) in [7, 11) is 0. The molecule has 1 fully saturated rings. The summed E-state index contributed by atoms with van der Waals surface area (Å²) in [6.07, 6.45) is 4.91. The van der Waals surface area contributed by atoms with Crippen LogP contribution < -0.4 is 10.2 Å². The van der Waals surface area contributed by atoms with Gasteiger partial charge in [0, 0.05) is 38.4 Å². The summed E-state index contributed by atoms with van der Waals surface area (Å²) in [6, 6.07) is 10.6. The lowest BCUT2D eigenvalue weighted by molar-refractivity contribution is 0.0690. The van der Waals surface area contributed by atoms with Gasteiger partial charge in [0.25, 0.3) is 0 Å². The van der Waals surface area contributed by atoms with Crippen LogP contribution in [0.2, 0.25) is 0 Å². The second kappa shape index (κ2) is 9.15. The van der Waals surface area contributed by atoms with Gasteiger partial charge in [0.1, 0.15) is 5.82 Å². The number of rotatable bonds is 8. The molecule has 1 saturated heterocycles. The molecule has 0 saturated carbocycles. The second-order valence-corrected chi connectivity index (χ2v) is 6.39. The van der Waals surface area contributed by atoms with Crippen molar-refractivity contribution in [2.45, 2.75) is 12.8 Å². The third-order valence-corrected chi connectivity index (χ3v) is 4.57. The molecular formula is C19H25N5O2. The van der Waals surface area contributed by atoms with Crippen molar-refractivity contribution in [1.82, 2.24) is 14.9 Å². The van der Waals surface area contributed by atoms with Gasteiger partial charge in [-0.25, -0.2) is 14.8 Å². The van der Waals surface area contributed by atoms with Crippen LogP contribution in [0.5, 0.6) is 0 Å². The highest BCUT2D eigenvalue weighted by Gasteiger charge is 2.16. The van der Waals surface area contributed by atoms with Crippen molar-refractivity contribution in [3.05, 3.63) is 48.4 Å². The lowest BCUT2D eigenvalue weighted by atomic mass is 10.2. The van der Waals surface area contributed by atoms with Gasteiger partial charge in [-0.15, -0.1) is 0 Å². The third-order valence-electron chi connectivity index (χ3n) is 4.57. The lowest BCUT2D eigenvalue weighted by Crippen LogP contribution is -2.46. The molecule has 0 aliphatic carbocycles. The highest BCUT2D eigenvalue weighted by atomic mass is 16.4. The topological polar surface area (TPSA) is 81.6 Å². The van der Waals surface area contributed by atoms with Crippen molar-refractivity contribution < 1.29 is 9.90 Å². The molecule has 2 N–H and O–H groups in total. The van der Waals surface area contributed by atoms with Gasteiger partial charge in [0.2, 0.25) is 0 Å². The molecule has 0 unspecified atom stereocenters. The number of para-hydroxylation sites is 1. The van der Waals surface area contributed by atoms with Crippen LogP contribution >= 0.6 is 0 Å². The normalized spacial score (nSPS) is 15.0. The van der Waals surface area contributed by atoms with E-state index in [0.29, 0.717) is 5.82 Å². The number of carboxylic acid groups (broad SMARTS) is 1. The molecule has 0 amide bonds. The Labute approximate surface area is 153 Å². The third kappa shape index (κ3) is 5.16. The van der Waals surface area contributed by atoms with Crippen LogP contribution in [0.15, 0.2) is 42.7 Å². The molecule has 3 rings (SSSR count). The number of nitrogens with zero attached hydrogens (tertiary/aromatic N) is 4. The fraction of sp³-hybridized carbons (Fsp3) is 0.421. The number of aromatic carboxylic acids is 1. The maximum atomic E-state index is 10.7. The molecular weight excluding hydrogens is 330 g/mol. The van der Waals surface area contributed by atoms with Crippen LogP contribution in [0, 0.1) is 0 Å². The van der Waals surface area contributed by atoms with E-state index in [2.05, 4.69) is 55.4 Å². The van der Waals surface area contributed by atoms with E-state index in [1.165, 1.54) is 18.1 Å². The molecule has 7 nitrogen and oxygen atoms in total. The standard InChI is InChI=1S/C19H25N5O2/c25-19(26)17-14-22-18(15-21-17)20-8-4-5-9-23-10-12-24(13-11-23)16-6-2-1-3-7-16/h1-3,6-7,14-15H,4-5,8-13H2,(H,20,22)(H,25,26). The number of aromatic nitrogens is 2. The number of hydrogen-bond acceptors (Lipinski definition) is 6. The Kier molecular flexibility index (Phi) is 6.38. The minimum absolute atomic E-state index is 0.0369. The van der Waals surface area contributed by atoms with Crippen molar-refractivity contribution >= 4 is 17.5 Å². The van der Waals surface area contributed by atoms with Crippen molar-refractivity contribution in [3.8, 4) is 0 Å². The maximum Gasteiger partial charge on any atom is 0.356 e. The number of piperazine rings is 1. The van der Waals surface area contributed by atoms with E-state index in [9.17, 15) is 4.79 Å². The first kappa shape index (κ1) is 18.1. The maximum absolute atomic E-state index is 10.7. The van der Waals surface area contributed by atoms with E-state index in [1.807, 2.05) is 0 Å². The van der Waals surface area contributed by atoms with Gasteiger partial charge in [-0.05, 0) is 31.5 Å². The average Bonchev–Trinajstić information content (AvgIpc) is 2.69. The molecule has 2 aromatic rings. The van der Waals surface area contributed by atoms with Crippen molar-refractivity contribution in [2.24, 2.45) is 0 Å². The van der Waals surface area contributed by atoms with Crippen molar-refractivity contribution in [1.29, 1.82) is 0 Å². The monoisotopic (exact) mass is 355 g/mol. The second-order valence-electron chi connectivity index (χ2n) is 6.39. The first-order chi connectivity index (χ1) is 12.7. The van der Waals surface area contributed by atoms with Crippen LogP contribution in [-0.2, 0) is 0 Å². The first-order valence-electron chi connectivity index (χ1n) is 9.04. The number of unbranched alkanes of at least 4 members (excludes halogenated alkanes) is 1. The summed E-state index contributed by atoms with van der Waals surface area (Å²) in [5, 5.41) is 12.0. The molecule has 26 heavy (non-hydrogen) atoms. The fourth-order valence-corrected chi connectivity index (χ4v) is 3.08. The molecule has 1 aliphatic heterocycles. The predicted molar refractivity (Wildman–Crippen MR) is 102 cm³/mol. The fourth-order valence-electron chi connectivity index (χ4n) is 3.08. The van der Waals surface area contributed by atoms with Gasteiger partial charge in [-0.1, -0.05) is 18.2 Å². The van der Waals surface area contributed by atoms with Gasteiger partial charge < -0.3 is 15.3 Å². The zero-order valence-electron chi connectivity index (χ0n) is 14.8. The van der Waals surface area contributed by atoms with E-state index in [1.54, 1.807) is 0 Å². The van der Waals surface area contributed by atoms with Crippen LogP contribution in [0.4, 0.5) is 11.5 Å². The summed E-state index contributed by atoms with van der Waals surface area (Å²) in [6.45, 7) is 6.27. The van der Waals surface area contributed by atoms with Gasteiger partial charge in [-0.2, -0.15) is 0 Å².